The Morgan fingerprint density at radius 2 is 2.14 bits per heavy atom. The van der Waals surface area contributed by atoms with Crippen molar-refractivity contribution in [3.8, 4) is 5.75 Å². The van der Waals surface area contributed by atoms with Gasteiger partial charge in [-0.05, 0) is 44.5 Å². The Balaban J connectivity index is 2.12. The molecule has 0 radical (unpaired) electrons. The maximum atomic E-state index is 12.9. The molecule has 0 aliphatic rings. The van der Waals surface area contributed by atoms with Gasteiger partial charge >= 0.3 is 5.69 Å². The van der Waals surface area contributed by atoms with Crippen LogP contribution in [0.3, 0.4) is 0 Å². The van der Waals surface area contributed by atoms with E-state index in [1.807, 2.05) is 19.9 Å². The molecule has 0 bridgehead atoms. The number of ether oxygens (including phenoxy) is 1. The van der Waals surface area contributed by atoms with Crippen LogP contribution in [0.2, 0.25) is 0 Å². The van der Waals surface area contributed by atoms with E-state index in [2.05, 4.69) is 26.0 Å². The average Bonchev–Trinajstić information content (AvgIpc) is 2.69. The molecule has 1 atom stereocenters. The highest BCUT2D eigenvalue weighted by Crippen LogP contribution is 2.31. The summed E-state index contributed by atoms with van der Waals surface area (Å²) in [5.74, 6) is 0.522. The van der Waals surface area contributed by atoms with Crippen LogP contribution >= 0.6 is 15.9 Å². The minimum atomic E-state index is -0.498. The van der Waals surface area contributed by atoms with Crippen LogP contribution < -0.4 is 10.3 Å². The zero-order valence-corrected chi connectivity index (χ0v) is 17.7. The van der Waals surface area contributed by atoms with Gasteiger partial charge in [0.15, 0.2) is 0 Å². The molecule has 0 N–H and O–H groups in total. The lowest BCUT2D eigenvalue weighted by molar-refractivity contribution is -0.386. The van der Waals surface area contributed by atoms with Crippen LogP contribution in [-0.2, 0) is 0 Å². The van der Waals surface area contributed by atoms with Gasteiger partial charge in [-0.15, -0.1) is 0 Å². The third-order valence-electron chi connectivity index (χ3n) is 4.40. The van der Waals surface area contributed by atoms with Crippen LogP contribution in [0.25, 0.3) is 10.9 Å². The minimum Gasteiger partial charge on any atom is -0.483 e. The summed E-state index contributed by atoms with van der Waals surface area (Å²) in [6, 6.07) is 9.82. The summed E-state index contributed by atoms with van der Waals surface area (Å²) in [6.45, 7) is 5.43. The van der Waals surface area contributed by atoms with Crippen molar-refractivity contribution in [3.05, 3.63) is 72.7 Å². The topological polar surface area (TPSA) is 99.6 Å². The number of aryl methyl sites for hydroxylation is 1. The number of hydrogen-bond donors (Lipinski definition) is 0. The smallest absolute Gasteiger partial charge is 0.311 e. The van der Waals surface area contributed by atoms with E-state index in [1.165, 1.54) is 17.0 Å². The summed E-state index contributed by atoms with van der Waals surface area (Å²) in [7, 11) is 0. The predicted octanol–water partition coefficient (Wildman–Crippen LogP) is 4.44. The Bertz CT molecular complexity index is 1170. The van der Waals surface area contributed by atoms with E-state index in [4.69, 9.17) is 4.74 Å². The van der Waals surface area contributed by atoms with Crippen molar-refractivity contribution in [2.24, 2.45) is 5.10 Å². The van der Waals surface area contributed by atoms with Crippen LogP contribution in [0.4, 0.5) is 5.69 Å². The first kappa shape index (κ1) is 20.7. The fourth-order valence-electron chi connectivity index (χ4n) is 2.72. The highest BCUT2D eigenvalue weighted by Gasteiger charge is 2.20. The molecule has 0 aliphatic heterocycles. The molecule has 0 saturated heterocycles. The van der Waals surface area contributed by atoms with Gasteiger partial charge in [-0.1, -0.05) is 28.9 Å². The fraction of sp³-hybridized carbons (Fsp3) is 0.250. The number of halogens is 1. The zero-order valence-electron chi connectivity index (χ0n) is 16.1. The number of nitrogens with zero attached hydrogens (tertiary/aromatic N) is 4. The number of nitro benzene ring substituents is 1. The molecule has 1 aromatic heterocycles. The molecular weight excluding hydrogens is 440 g/mol. The normalized spacial score (nSPS) is 12.4. The second-order valence-electron chi connectivity index (χ2n) is 6.47. The summed E-state index contributed by atoms with van der Waals surface area (Å²) in [4.78, 5) is 28.2. The standard InChI is InChI=1S/C20H19BrN4O4/c1-4-12(2)29-19-14(6-5-7-18(19)25(27)28)11-22-24-13(3)23-17-9-8-15(21)10-16(17)20(24)26/h5-12H,4H2,1-3H3/t12-/m1/s1. The van der Waals surface area contributed by atoms with E-state index in [1.54, 1.807) is 31.2 Å². The lowest BCUT2D eigenvalue weighted by atomic mass is 10.2. The number of rotatable bonds is 6. The molecule has 0 spiro atoms. The van der Waals surface area contributed by atoms with Gasteiger partial charge in [-0.3, -0.25) is 14.9 Å². The lowest BCUT2D eigenvalue weighted by Crippen LogP contribution is -2.20. The van der Waals surface area contributed by atoms with Crippen molar-refractivity contribution in [1.29, 1.82) is 0 Å². The van der Waals surface area contributed by atoms with Crippen molar-refractivity contribution in [2.75, 3.05) is 0 Å². The Kier molecular flexibility index (Phi) is 6.07. The summed E-state index contributed by atoms with van der Waals surface area (Å²) in [6.07, 6.45) is 1.85. The molecule has 150 valence electrons. The first-order valence-electron chi connectivity index (χ1n) is 8.99. The lowest BCUT2D eigenvalue weighted by Gasteiger charge is -2.14. The van der Waals surface area contributed by atoms with Gasteiger partial charge in [0.25, 0.3) is 5.56 Å². The van der Waals surface area contributed by atoms with Crippen molar-refractivity contribution in [2.45, 2.75) is 33.3 Å². The Morgan fingerprint density at radius 3 is 2.83 bits per heavy atom. The molecule has 3 aromatic rings. The van der Waals surface area contributed by atoms with E-state index in [0.29, 0.717) is 28.7 Å². The van der Waals surface area contributed by atoms with Crippen molar-refractivity contribution >= 4 is 38.7 Å². The number of benzene rings is 2. The number of para-hydroxylation sites is 1. The Morgan fingerprint density at radius 1 is 1.38 bits per heavy atom. The summed E-state index contributed by atoms with van der Waals surface area (Å²) in [5, 5.41) is 16.1. The van der Waals surface area contributed by atoms with Gasteiger partial charge in [-0.25, -0.2) is 4.98 Å². The number of aromatic nitrogens is 2. The number of nitro groups is 1. The molecule has 0 unspecified atom stereocenters. The quantitative estimate of drug-likeness (QED) is 0.308. The Hall–Kier alpha value is -3.07. The van der Waals surface area contributed by atoms with Crippen molar-refractivity contribution < 1.29 is 9.66 Å². The van der Waals surface area contributed by atoms with Crippen LogP contribution in [0, 0.1) is 17.0 Å². The van der Waals surface area contributed by atoms with E-state index < -0.39 is 4.92 Å². The second kappa shape index (κ2) is 8.52. The summed E-state index contributed by atoms with van der Waals surface area (Å²) >= 11 is 3.35. The SMILES string of the molecule is CC[C@@H](C)Oc1c(C=Nn2c(C)nc3ccc(Br)cc3c2=O)cccc1[N+](=O)[O-]. The molecule has 0 fully saturated rings. The molecule has 2 aromatic carbocycles. The molecule has 29 heavy (non-hydrogen) atoms. The second-order valence-corrected chi connectivity index (χ2v) is 7.39. The molecule has 1 heterocycles. The fourth-order valence-corrected chi connectivity index (χ4v) is 3.08. The van der Waals surface area contributed by atoms with Gasteiger partial charge in [0.2, 0.25) is 5.75 Å². The predicted molar refractivity (Wildman–Crippen MR) is 115 cm³/mol. The van der Waals surface area contributed by atoms with Gasteiger partial charge in [0, 0.05) is 16.1 Å². The zero-order chi connectivity index (χ0) is 21.1. The number of fused-ring (bicyclic) bond motifs is 1. The van der Waals surface area contributed by atoms with E-state index in [-0.39, 0.29) is 23.1 Å². The first-order valence-corrected chi connectivity index (χ1v) is 9.78. The third kappa shape index (κ3) is 4.34. The van der Waals surface area contributed by atoms with Crippen LogP contribution in [0.1, 0.15) is 31.7 Å². The largest absolute Gasteiger partial charge is 0.483 e. The average molecular weight is 459 g/mol. The molecule has 8 nitrogen and oxygen atoms in total. The maximum absolute atomic E-state index is 12.9. The summed E-state index contributed by atoms with van der Waals surface area (Å²) < 4.78 is 7.70. The molecular formula is C20H19BrN4O4. The van der Waals surface area contributed by atoms with E-state index in [0.717, 1.165) is 4.47 Å². The molecule has 3 rings (SSSR count). The Labute approximate surface area is 175 Å². The minimum absolute atomic E-state index is 0.123. The molecule has 9 heteroatoms. The van der Waals surface area contributed by atoms with E-state index in [9.17, 15) is 14.9 Å². The molecule has 0 aliphatic carbocycles. The third-order valence-corrected chi connectivity index (χ3v) is 4.89. The van der Waals surface area contributed by atoms with Gasteiger partial charge in [-0.2, -0.15) is 9.78 Å². The van der Waals surface area contributed by atoms with E-state index >= 15 is 0 Å². The summed E-state index contributed by atoms with van der Waals surface area (Å²) in [5.41, 5.74) is 0.484. The van der Waals surface area contributed by atoms with Crippen LogP contribution in [0.15, 0.2) is 50.8 Å². The van der Waals surface area contributed by atoms with Gasteiger partial charge < -0.3 is 4.74 Å². The molecule has 0 amide bonds. The first-order chi connectivity index (χ1) is 13.8. The van der Waals surface area contributed by atoms with Crippen molar-refractivity contribution in [1.82, 2.24) is 9.66 Å². The van der Waals surface area contributed by atoms with Crippen molar-refractivity contribution in [3.63, 3.8) is 0 Å². The van der Waals surface area contributed by atoms with Crippen LogP contribution in [0.5, 0.6) is 5.75 Å². The maximum Gasteiger partial charge on any atom is 0.311 e. The van der Waals surface area contributed by atoms with Gasteiger partial charge in [0.05, 0.1) is 28.1 Å². The molecule has 0 saturated carbocycles. The number of hydrogen-bond acceptors (Lipinski definition) is 6. The highest BCUT2D eigenvalue weighted by atomic mass is 79.9. The van der Waals surface area contributed by atoms with Crippen LogP contribution in [-0.4, -0.2) is 26.9 Å². The highest BCUT2D eigenvalue weighted by molar-refractivity contribution is 9.10. The van der Waals surface area contributed by atoms with Gasteiger partial charge in [0.1, 0.15) is 5.82 Å². The monoisotopic (exact) mass is 458 g/mol.